The van der Waals surface area contributed by atoms with E-state index < -0.39 is 5.60 Å². The molecule has 0 aliphatic rings. The van der Waals surface area contributed by atoms with E-state index in [1.165, 1.54) is 0 Å². The van der Waals surface area contributed by atoms with Crippen LogP contribution in [0.15, 0.2) is 35.3 Å². The van der Waals surface area contributed by atoms with E-state index in [0.717, 1.165) is 23.8 Å². The first-order valence-corrected chi connectivity index (χ1v) is 8.09. The first-order valence-electron chi connectivity index (χ1n) is 8.09. The summed E-state index contributed by atoms with van der Waals surface area (Å²) in [6, 6.07) is 9.59. The lowest BCUT2D eigenvalue weighted by molar-refractivity contribution is 0.0617. The highest BCUT2D eigenvalue weighted by Crippen LogP contribution is 2.18. The number of aromatic nitrogens is 3. The molecule has 1 atom stereocenters. The first kappa shape index (κ1) is 17.9. The van der Waals surface area contributed by atoms with Crippen LogP contribution in [0.3, 0.4) is 0 Å². The first-order chi connectivity index (χ1) is 11.4. The Morgan fingerprint density at radius 1 is 1.25 bits per heavy atom. The number of aliphatic imine (C=N–C) groups is 1. The number of aliphatic hydroxyl groups is 1. The molecule has 0 saturated heterocycles. The molecule has 0 bridgehead atoms. The van der Waals surface area contributed by atoms with Gasteiger partial charge in [-0.2, -0.15) is 0 Å². The Balaban J connectivity index is 2.03. The molecule has 2 rings (SSSR count). The zero-order valence-electron chi connectivity index (χ0n) is 14.7. The maximum Gasteiger partial charge on any atom is 0.191 e. The van der Waals surface area contributed by atoms with Crippen LogP contribution >= 0.6 is 0 Å². The second-order valence-electron chi connectivity index (χ2n) is 5.91. The van der Waals surface area contributed by atoms with E-state index in [0.29, 0.717) is 19.0 Å². The predicted octanol–water partition coefficient (Wildman–Crippen LogP) is 1.09. The molecule has 24 heavy (non-hydrogen) atoms. The second kappa shape index (κ2) is 7.92. The van der Waals surface area contributed by atoms with Crippen molar-refractivity contribution in [2.24, 2.45) is 12.0 Å². The van der Waals surface area contributed by atoms with Gasteiger partial charge in [0.15, 0.2) is 11.8 Å². The van der Waals surface area contributed by atoms with E-state index in [9.17, 15) is 5.11 Å². The smallest absolute Gasteiger partial charge is 0.191 e. The minimum Gasteiger partial charge on any atom is -0.384 e. The van der Waals surface area contributed by atoms with E-state index in [-0.39, 0.29) is 0 Å². The Bertz CT molecular complexity index is 678. The van der Waals surface area contributed by atoms with Gasteiger partial charge in [0.25, 0.3) is 0 Å². The van der Waals surface area contributed by atoms with E-state index >= 15 is 0 Å². The summed E-state index contributed by atoms with van der Waals surface area (Å²) in [6.07, 6.45) is 0. The summed E-state index contributed by atoms with van der Waals surface area (Å²) in [6.45, 7) is 7.18. The summed E-state index contributed by atoms with van der Waals surface area (Å²) in [5, 5.41) is 25.2. The number of rotatable bonds is 6. The number of nitrogens with zero attached hydrogens (tertiary/aromatic N) is 4. The van der Waals surface area contributed by atoms with Crippen molar-refractivity contribution in [1.29, 1.82) is 0 Å². The van der Waals surface area contributed by atoms with Gasteiger partial charge >= 0.3 is 0 Å². The number of hydrogen-bond donors (Lipinski definition) is 3. The average Bonchev–Trinajstić information content (AvgIpc) is 2.90. The Morgan fingerprint density at radius 3 is 2.54 bits per heavy atom. The van der Waals surface area contributed by atoms with E-state index in [2.05, 4.69) is 25.8 Å². The number of guanidine groups is 1. The fraction of sp³-hybridized carbons (Fsp3) is 0.471. The maximum atomic E-state index is 10.7. The molecule has 0 amide bonds. The zero-order valence-corrected chi connectivity index (χ0v) is 14.7. The SMILES string of the molecule is CCNC(=NCc1nnc(C)n1C)NCC(C)(O)c1ccccc1. The van der Waals surface area contributed by atoms with Crippen molar-refractivity contribution >= 4 is 5.96 Å². The van der Waals surface area contributed by atoms with Crippen molar-refractivity contribution in [2.75, 3.05) is 13.1 Å². The van der Waals surface area contributed by atoms with E-state index in [4.69, 9.17) is 0 Å². The number of hydrogen-bond acceptors (Lipinski definition) is 4. The molecule has 0 fully saturated rings. The molecular formula is C17H26N6O. The van der Waals surface area contributed by atoms with Crippen LogP contribution < -0.4 is 10.6 Å². The fourth-order valence-electron chi connectivity index (χ4n) is 2.24. The molecule has 1 aromatic heterocycles. The van der Waals surface area contributed by atoms with Gasteiger partial charge in [0.05, 0.1) is 6.54 Å². The van der Waals surface area contributed by atoms with Gasteiger partial charge in [0, 0.05) is 13.6 Å². The lowest BCUT2D eigenvalue weighted by Crippen LogP contribution is -2.44. The van der Waals surface area contributed by atoms with Gasteiger partial charge < -0.3 is 20.3 Å². The van der Waals surface area contributed by atoms with Gasteiger partial charge in [0.1, 0.15) is 18.0 Å². The van der Waals surface area contributed by atoms with Crippen LogP contribution in [0.1, 0.15) is 31.1 Å². The maximum absolute atomic E-state index is 10.7. The summed E-state index contributed by atoms with van der Waals surface area (Å²) in [7, 11) is 1.92. The average molecular weight is 330 g/mol. The highest BCUT2D eigenvalue weighted by molar-refractivity contribution is 5.79. The highest BCUT2D eigenvalue weighted by atomic mass is 16.3. The lowest BCUT2D eigenvalue weighted by atomic mass is 9.96. The summed E-state index contributed by atoms with van der Waals surface area (Å²) >= 11 is 0. The standard InChI is InChI=1S/C17H26N6O/c1-5-18-16(19-11-15-22-21-13(2)23(15)4)20-12-17(3,24)14-9-7-6-8-10-14/h6-10,24H,5,11-12H2,1-4H3,(H2,18,19,20). The van der Waals surface area contributed by atoms with Crippen molar-refractivity contribution in [1.82, 2.24) is 25.4 Å². The van der Waals surface area contributed by atoms with Gasteiger partial charge in [-0.1, -0.05) is 30.3 Å². The van der Waals surface area contributed by atoms with E-state index in [1.807, 2.05) is 55.8 Å². The molecule has 0 saturated carbocycles. The highest BCUT2D eigenvalue weighted by Gasteiger charge is 2.22. The Labute approximate surface area is 142 Å². The van der Waals surface area contributed by atoms with Crippen LogP contribution in [-0.4, -0.2) is 38.9 Å². The van der Waals surface area contributed by atoms with Gasteiger partial charge in [-0.25, -0.2) is 4.99 Å². The van der Waals surface area contributed by atoms with Gasteiger partial charge in [-0.05, 0) is 26.3 Å². The molecule has 1 aromatic carbocycles. The number of nitrogens with one attached hydrogen (secondary N) is 2. The monoisotopic (exact) mass is 330 g/mol. The second-order valence-corrected chi connectivity index (χ2v) is 5.91. The molecule has 1 heterocycles. The molecule has 1 unspecified atom stereocenters. The predicted molar refractivity (Wildman–Crippen MR) is 94.6 cm³/mol. The Kier molecular flexibility index (Phi) is 5.92. The van der Waals surface area contributed by atoms with Crippen LogP contribution in [-0.2, 0) is 19.2 Å². The lowest BCUT2D eigenvalue weighted by Gasteiger charge is -2.25. The van der Waals surface area contributed by atoms with Crippen molar-refractivity contribution in [3.8, 4) is 0 Å². The quantitative estimate of drug-likeness (QED) is 0.545. The van der Waals surface area contributed by atoms with Gasteiger partial charge in [-0.3, -0.25) is 0 Å². The van der Waals surface area contributed by atoms with Gasteiger partial charge in [-0.15, -0.1) is 10.2 Å². The number of aryl methyl sites for hydroxylation is 1. The van der Waals surface area contributed by atoms with Crippen LogP contribution in [0, 0.1) is 6.92 Å². The largest absolute Gasteiger partial charge is 0.384 e. The molecule has 0 aliphatic carbocycles. The zero-order chi connectivity index (χ0) is 17.6. The van der Waals surface area contributed by atoms with Gasteiger partial charge in [0.2, 0.25) is 0 Å². The topological polar surface area (TPSA) is 87.4 Å². The van der Waals surface area contributed by atoms with Crippen molar-refractivity contribution in [2.45, 2.75) is 32.9 Å². The van der Waals surface area contributed by atoms with Crippen molar-refractivity contribution in [3.05, 3.63) is 47.5 Å². The molecule has 7 nitrogen and oxygen atoms in total. The molecule has 7 heteroatoms. The Morgan fingerprint density at radius 2 is 1.96 bits per heavy atom. The summed E-state index contributed by atoms with van der Waals surface area (Å²) < 4.78 is 1.91. The van der Waals surface area contributed by atoms with Crippen molar-refractivity contribution < 1.29 is 5.11 Å². The Hall–Kier alpha value is -2.41. The minimum absolute atomic E-state index is 0.348. The molecule has 2 aromatic rings. The molecule has 0 aliphatic heterocycles. The molecule has 3 N–H and O–H groups in total. The van der Waals surface area contributed by atoms with Crippen LogP contribution in [0.4, 0.5) is 0 Å². The van der Waals surface area contributed by atoms with Crippen molar-refractivity contribution in [3.63, 3.8) is 0 Å². The molecule has 0 spiro atoms. The molecule has 130 valence electrons. The summed E-state index contributed by atoms with van der Waals surface area (Å²) in [4.78, 5) is 4.51. The van der Waals surface area contributed by atoms with Crippen LogP contribution in [0.5, 0.6) is 0 Å². The third-order valence-corrected chi connectivity index (χ3v) is 3.90. The van der Waals surface area contributed by atoms with E-state index in [1.54, 1.807) is 6.92 Å². The molecule has 0 radical (unpaired) electrons. The number of benzene rings is 1. The summed E-state index contributed by atoms with van der Waals surface area (Å²) in [5.74, 6) is 2.28. The summed E-state index contributed by atoms with van der Waals surface area (Å²) in [5.41, 5.74) is -0.129. The third-order valence-electron chi connectivity index (χ3n) is 3.90. The minimum atomic E-state index is -0.987. The third kappa shape index (κ3) is 4.55. The normalized spacial score (nSPS) is 14.3. The van der Waals surface area contributed by atoms with Crippen LogP contribution in [0.25, 0.3) is 0 Å². The molecular weight excluding hydrogens is 304 g/mol. The van der Waals surface area contributed by atoms with Crippen LogP contribution in [0.2, 0.25) is 0 Å². The fourth-order valence-corrected chi connectivity index (χ4v) is 2.24.